The highest BCUT2D eigenvalue weighted by molar-refractivity contribution is 5.90. The van der Waals surface area contributed by atoms with Crippen molar-refractivity contribution in [2.24, 2.45) is 0 Å². The molecule has 8 heteroatoms. The minimum absolute atomic E-state index is 0.0279. The first-order valence-corrected chi connectivity index (χ1v) is 8.41. The Morgan fingerprint density at radius 1 is 1.19 bits per heavy atom. The number of ether oxygens (including phenoxy) is 1. The number of halogens is 3. The van der Waals surface area contributed by atoms with E-state index in [1.807, 2.05) is 0 Å². The van der Waals surface area contributed by atoms with E-state index >= 15 is 0 Å². The number of aliphatic hydroxyl groups is 1. The molecule has 2 aromatic carbocycles. The number of quaternary nitrogens is 1. The normalized spacial score (nSPS) is 12.5. The molecule has 2 aromatic rings. The highest BCUT2D eigenvalue weighted by atomic mass is 19.4. The second-order valence-electron chi connectivity index (χ2n) is 6.07. The predicted molar refractivity (Wildman–Crippen MR) is 94.2 cm³/mol. The molecule has 0 spiro atoms. The van der Waals surface area contributed by atoms with E-state index in [0.717, 1.165) is 17.7 Å². The number of carbonyl (C=O) groups is 1. The lowest BCUT2D eigenvalue weighted by atomic mass is 10.1. The van der Waals surface area contributed by atoms with Crippen LogP contribution < -0.4 is 15.4 Å². The highest BCUT2D eigenvalue weighted by Crippen LogP contribution is 2.29. The number of anilines is 1. The largest absolute Gasteiger partial charge is 0.488 e. The molecule has 0 unspecified atom stereocenters. The SMILES string of the molecule is CC(=O)Nc1ccccc1OC[C@H](O)C[NH2+]Cc1ccc(C(F)(F)F)cc1. The summed E-state index contributed by atoms with van der Waals surface area (Å²) in [5.41, 5.74) is 0.565. The van der Waals surface area contributed by atoms with Gasteiger partial charge in [0.25, 0.3) is 0 Å². The standard InChI is InChI=1S/C19H21F3N2O3/c1-13(25)24-17-4-2-3-5-18(17)27-12-16(26)11-23-10-14-6-8-15(9-7-14)19(20,21)22/h2-9,16,23,26H,10-12H2,1H3,(H,24,25)/p+1/t16-/m1/s1. The molecule has 0 aliphatic carbocycles. The third-order valence-electron chi connectivity index (χ3n) is 3.73. The number of nitrogens with one attached hydrogen (secondary N) is 1. The summed E-state index contributed by atoms with van der Waals surface area (Å²) >= 11 is 0. The molecular formula is C19H22F3N2O3+. The molecule has 146 valence electrons. The van der Waals surface area contributed by atoms with Crippen molar-refractivity contribution in [3.05, 3.63) is 59.7 Å². The van der Waals surface area contributed by atoms with Crippen molar-refractivity contribution in [1.82, 2.24) is 0 Å². The first-order chi connectivity index (χ1) is 12.8. The number of benzene rings is 2. The average Bonchev–Trinajstić information content (AvgIpc) is 2.60. The van der Waals surface area contributed by atoms with Crippen molar-refractivity contribution in [2.45, 2.75) is 25.7 Å². The van der Waals surface area contributed by atoms with Gasteiger partial charge in [-0.1, -0.05) is 24.3 Å². The van der Waals surface area contributed by atoms with Gasteiger partial charge >= 0.3 is 6.18 Å². The van der Waals surface area contributed by atoms with Crippen LogP contribution in [-0.2, 0) is 17.5 Å². The van der Waals surface area contributed by atoms with E-state index < -0.39 is 17.8 Å². The Kier molecular flexibility index (Phi) is 7.20. The highest BCUT2D eigenvalue weighted by Gasteiger charge is 2.29. The van der Waals surface area contributed by atoms with Crippen molar-refractivity contribution >= 4 is 11.6 Å². The van der Waals surface area contributed by atoms with Crippen molar-refractivity contribution in [3.63, 3.8) is 0 Å². The molecular weight excluding hydrogens is 361 g/mol. The minimum Gasteiger partial charge on any atom is -0.488 e. The summed E-state index contributed by atoms with van der Waals surface area (Å²) in [6, 6.07) is 11.8. The molecule has 0 bridgehead atoms. The maximum Gasteiger partial charge on any atom is 0.416 e. The van der Waals surface area contributed by atoms with Gasteiger partial charge in [0.1, 0.15) is 31.5 Å². The summed E-state index contributed by atoms with van der Waals surface area (Å²) in [5, 5.41) is 14.5. The fourth-order valence-electron chi connectivity index (χ4n) is 2.41. The smallest absolute Gasteiger partial charge is 0.416 e. The lowest BCUT2D eigenvalue weighted by Crippen LogP contribution is -2.85. The van der Waals surface area contributed by atoms with Gasteiger partial charge in [0.05, 0.1) is 11.3 Å². The summed E-state index contributed by atoms with van der Waals surface area (Å²) < 4.78 is 43.1. The molecule has 0 saturated carbocycles. The molecule has 0 heterocycles. The number of aliphatic hydroxyl groups excluding tert-OH is 1. The van der Waals surface area contributed by atoms with Crippen LogP contribution in [0.1, 0.15) is 18.1 Å². The fourth-order valence-corrected chi connectivity index (χ4v) is 2.41. The Bertz CT molecular complexity index is 749. The number of hydrogen-bond acceptors (Lipinski definition) is 3. The van der Waals surface area contributed by atoms with Crippen molar-refractivity contribution in [1.29, 1.82) is 0 Å². The van der Waals surface area contributed by atoms with Crippen LogP contribution in [0.3, 0.4) is 0 Å². The van der Waals surface area contributed by atoms with Crippen molar-refractivity contribution in [2.75, 3.05) is 18.5 Å². The predicted octanol–water partition coefficient (Wildman–Crippen LogP) is 2.17. The quantitative estimate of drug-likeness (QED) is 0.654. The molecule has 4 N–H and O–H groups in total. The van der Waals surface area contributed by atoms with Crippen molar-refractivity contribution in [3.8, 4) is 5.75 Å². The number of para-hydroxylation sites is 2. The van der Waals surface area contributed by atoms with E-state index in [1.54, 1.807) is 29.6 Å². The van der Waals surface area contributed by atoms with Gasteiger partial charge in [-0.2, -0.15) is 13.2 Å². The van der Waals surface area contributed by atoms with Crippen LogP contribution >= 0.6 is 0 Å². The maximum atomic E-state index is 12.5. The molecule has 0 aliphatic rings. The number of carbonyl (C=O) groups excluding carboxylic acids is 1. The summed E-state index contributed by atoms with van der Waals surface area (Å²) in [6.07, 6.45) is -5.12. The van der Waals surface area contributed by atoms with E-state index in [-0.39, 0.29) is 12.5 Å². The van der Waals surface area contributed by atoms with E-state index in [0.29, 0.717) is 24.5 Å². The Morgan fingerprint density at radius 3 is 2.48 bits per heavy atom. The summed E-state index contributed by atoms with van der Waals surface area (Å²) in [6.45, 7) is 2.18. The van der Waals surface area contributed by atoms with Crippen LogP contribution in [-0.4, -0.2) is 30.3 Å². The summed E-state index contributed by atoms with van der Waals surface area (Å²) in [5.74, 6) is 0.228. The second kappa shape index (κ2) is 9.38. The van der Waals surface area contributed by atoms with Gasteiger partial charge < -0.3 is 20.5 Å². The second-order valence-corrected chi connectivity index (χ2v) is 6.07. The third kappa shape index (κ3) is 6.92. The molecule has 1 atom stereocenters. The first-order valence-electron chi connectivity index (χ1n) is 8.41. The minimum atomic E-state index is -4.34. The molecule has 2 rings (SSSR count). The zero-order valence-corrected chi connectivity index (χ0v) is 14.8. The van der Waals surface area contributed by atoms with E-state index in [1.165, 1.54) is 19.1 Å². The van der Waals surface area contributed by atoms with Crippen molar-refractivity contribution < 1.29 is 33.1 Å². The molecule has 0 aromatic heterocycles. The molecule has 0 aliphatic heterocycles. The van der Waals surface area contributed by atoms with Crippen LogP contribution in [0.25, 0.3) is 0 Å². The zero-order valence-electron chi connectivity index (χ0n) is 14.8. The zero-order chi connectivity index (χ0) is 19.9. The lowest BCUT2D eigenvalue weighted by Gasteiger charge is -2.14. The summed E-state index contributed by atoms with van der Waals surface area (Å²) in [7, 11) is 0. The molecule has 0 fully saturated rings. The van der Waals surface area contributed by atoms with E-state index in [4.69, 9.17) is 4.74 Å². The topological polar surface area (TPSA) is 75.2 Å². The molecule has 27 heavy (non-hydrogen) atoms. The fraction of sp³-hybridized carbons (Fsp3) is 0.316. The number of nitrogens with two attached hydrogens (primary N) is 1. The van der Waals surface area contributed by atoms with Gasteiger partial charge in [0.2, 0.25) is 5.91 Å². The molecule has 5 nitrogen and oxygen atoms in total. The van der Waals surface area contributed by atoms with Gasteiger partial charge in [-0.25, -0.2) is 0 Å². The van der Waals surface area contributed by atoms with Gasteiger partial charge in [-0.3, -0.25) is 4.79 Å². The Balaban J connectivity index is 1.77. The third-order valence-corrected chi connectivity index (χ3v) is 3.73. The number of rotatable bonds is 8. The Hall–Kier alpha value is -2.58. The number of alkyl halides is 3. The van der Waals surface area contributed by atoms with Gasteiger partial charge in [-0.15, -0.1) is 0 Å². The molecule has 1 amide bonds. The average molecular weight is 383 g/mol. The lowest BCUT2D eigenvalue weighted by molar-refractivity contribution is -0.676. The number of hydrogen-bond donors (Lipinski definition) is 3. The van der Waals surface area contributed by atoms with E-state index in [9.17, 15) is 23.1 Å². The first kappa shape index (κ1) is 20.7. The molecule has 0 radical (unpaired) electrons. The van der Waals surface area contributed by atoms with Crippen LogP contribution in [0.15, 0.2) is 48.5 Å². The van der Waals surface area contributed by atoms with Gasteiger partial charge in [0, 0.05) is 12.5 Å². The van der Waals surface area contributed by atoms with Crippen LogP contribution in [0.4, 0.5) is 18.9 Å². The Morgan fingerprint density at radius 2 is 1.85 bits per heavy atom. The van der Waals surface area contributed by atoms with Crippen LogP contribution in [0.5, 0.6) is 5.75 Å². The maximum absolute atomic E-state index is 12.5. The number of amides is 1. The Labute approximate surface area is 155 Å². The monoisotopic (exact) mass is 383 g/mol. The van der Waals surface area contributed by atoms with Gasteiger partial charge in [-0.05, 0) is 24.3 Å². The molecule has 0 saturated heterocycles. The summed E-state index contributed by atoms with van der Waals surface area (Å²) in [4.78, 5) is 11.2. The van der Waals surface area contributed by atoms with Crippen LogP contribution in [0, 0.1) is 0 Å². The van der Waals surface area contributed by atoms with Crippen LogP contribution in [0.2, 0.25) is 0 Å². The van der Waals surface area contributed by atoms with E-state index in [2.05, 4.69) is 5.32 Å². The van der Waals surface area contributed by atoms with Gasteiger partial charge in [0.15, 0.2) is 0 Å².